The van der Waals surface area contributed by atoms with Gasteiger partial charge in [-0.1, -0.05) is 6.92 Å². The summed E-state index contributed by atoms with van der Waals surface area (Å²) in [6.07, 6.45) is 3.35. The monoisotopic (exact) mass is 193 g/mol. The highest BCUT2D eigenvalue weighted by Crippen LogP contribution is 2.28. The molecule has 0 aliphatic heterocycles. The molecule has 14 heavy (non-hydrogen) atoms. The largest absolute Gasteiger partial charge is 0.457 e. The van der Waals surface area contributed by atoms with E-state index in [4.69, 9.17) is 4.42 Å². The SMILES string of the molecule is CCN(Cc1ccc(C=O)o1)C1CC1. The molecule has 0 unspecified atom stereocenters. The van der Waals surface area contributed by atoms with Crippen LogP contribution in [-0.2, 0) is 6.54 Å². The van der Waals surface area contributed by atoms with E-state index in [1.165, 1.54) is 12.8 Å². The zero-order chi connectivity index (χ0) is 9.97. The highest BCUT2D eigenvalue weighted by molar-refractivity contribution is 5.70. The second kappa shape index (κ2) is 3.96. The van der Waals surface area contributed by atoms with Crippen molar-refractivity contribution >= 4 is 6.29 Å². The van der Waals surface area contributed by atoms with E-state index in [2.05, 4.69) is 11.8 Å². The van der Waals surface area contributed by atoms with Crippen LogP contribution in [0.25, 0.3) is 0 Å². The molecular weight excluding hydrogens is 178 g/mol. The van der Waals surface area contributed by atoms with Crippen molar-refractivity contribution in [2.45, 2.75) is 32.4 Å². The Hall–Kier alpha value is -1.09. The van der Waals surface area contributed by atoms with Crippen LogP contribution in [0, 0.1) is 0 Å². The molecule has 0 N–H and O–H groups in total. The zero-order valence-corrected chi connectivity index (χ0v) is 8.40. The molecule has 1 fully saturated rings. The first kappa shape index (κ1) is 9.46. The fourth-order valence-electron chi connectivity index (χ4n) is 1.68. The van der Waals surface area contributed by atoms with E-state index in [1.54, 1.807) is 6.07 Å². The van der Waals surface area contributed by atoms with Crippen molar-refractivity contribution in [1.82, 2.24) is 4.90 Å². The number of rotatable bonds is 5. The van der Waals surface area contributed by atoms with Gasteiger partial charge in [0.1, 0.15) is 5.76 Å². The zero-order valence-electron chi connectivity index (χ0n) is 8.40. The maximum absolute atomic E-state index is 10.4. The van der Waals surface area contributed by atoms with E-state index < -0.39 is 0 Å². The summed E-state index contributed by atoms with van der Waals surface area (Å²) in [5, 5.41) is 0. The number of furan rings is 1. The van der Waals surface area contributed by atoms with Crippen LogP contribution in [0.1, 0.15) is 36.1 Å². The van der Waals surface area contributed by atoms with Crippen molar-refractivity contribution in [2.75, 3.05) is 6.54 Å². The van der Waals surface area contributed by atoms with E-state index in [9.17, 15) is 4.79 Å². The number of hydrogen-bond donors (Lipinski definition) is 0. The second-order valence-corrected chi connectivity index (χ2v) is 3.72. The Morgan fingerprint density at radius 2 is 2.36 bits per heavy atom. The fraction of sp³-hybridized carbons (Fsp3) is 0.545. The van der Waals surface area contributed by atoms with Crippen LogP contribution < -0.4 is 0 Å². The maximum atomic E-state index is 10.4. The van der Waals surface area contributed by atoms with Crippen molar-refractivity contribution in [1.29, 1.82) is 0 Å². The highest BCUT2D eigenvalue weighted by atomic mass is 16.3. The lowest BCUT2D eigenvalue weighted by Crippen LogP contribution is -2.24. The third-order valence-corrected chi connectivity index (χ3v) is 2.63. The Morgan fingerprint density at radius 3 is 2.86 bits per heavy atom. The molecule has 0 aromatic carbocycles. The maximum Gasteiger partial charge on any atom is 0.185 e. The molecule has 1 saturated carbocycles. The van der Waals surface area contributed by atoms with Crippen LogP contribution in [-0.4, -0.2) is 23.8 Å². The van der Waals surface area contributed by atoms with Crippen molar-refractivity contribution in [2.24, 2.45) is 0 Å². The topological polar surface area (TPSA) is 33.5 Å². The number of hydrogen-bond acceptors (Lipinski definition) is 3. The smallest absolute Gasteiger partial charge is 0.185 e. The van der Waals surface area contributed by atoms with Crippen LogP contribution in [0.2, 0.25) is 0 Å². The quantitative estimate of drug-likeness (QED) is 0.671. The van der Waals surface area contributed by atoms with Crippen LogP contribution in [0.3, 0.4) is 0 Å². The van der Waals surface area contributed by atoms with Gasteiger partial charge in [0.2, 0.25) is 0 Å². The number of carbonyl (C=O) groups excluding carboxylic acids is 1. The van der Waals surface area contributed by atoms with E-state index in [0.29, 0.717) is 5.76 Å². The third-order valence-electron chi connectivity index (χ3n) is 2.63. The molecule has 0 amide bonds. The average molecular weight is 193 g/mol. The van der Waals surface area contributed by atoms with Gasteiger partial charge < -0.3 is 4.42 Å². The lowest BCUT2D eigenvalue weighted by molar-refractivity contribution is 0.109. The van der Waals surface area contributed by atoms with Gasteiger partial charge in [0.25, 0.3) is 0 Å². The molecule has 1 aliphatic rings. The third kappa shape index (κ3) is 2.04. The molecule has 3 heteroatoms. The number of carbonyl (C=O) groups is 1. The molecule has 1 aromatic rings. The molecule has 0 saturated heterocycles. The molecule has 3 nitrogen and oxygen atoms in total. The molecule has 2 rings (SSSR count). The average Bonchev–Trinajstić information content (AvgIpc) is 2.95. The first-order valence-corrected chi connectivity index (χ1v) is 5.11. The van der Waals surface area contributed by atoms with E-state index in [1.807, 2.05) is 6.07 Å². The summed E-state index contributed by atoms with van der Waals surface area (Å²) in [5.74, 6) is 1.31. The van der Waals surface area contributed by atoms with Crippen LogP contribution >= 0.6 is 0 Å². The van der Waals surface area contributed by atoms with Crippen molar-refractivity contribution < 1.29 is 9.21 Å². The molecule has 1 heterocycles. The summed E-state index contributed by atoms with van der Waals surface area (Å²) in [5.41, 5.74) is 0. The summed E-state index contributed by atoms with van der Waals surface area (Å²) in [4.78, 5) is 12.8. The van der Waals surface area contributed by atoms with E-state index in [0.717, 1.165) is 31.2 Å². The lowest BCUT2D eigenvalue weighted by atomic mass is 10.4. The van der Waals surface area contributed by atoms with Crippen LogP contribution in [0.15, 0.2) is 16.5 Å². The van der Waals surface area contributed by atoms with Gasteiger partial charge in [-0.25, -0.2) is 0 Å². The molecule has 0 spiro atoms. The minimum atomic E-state index is 0.423. The van der Waals surface area contributed by atoms with Gasteiger partial charge in [0.05, 0.1) is 6.54 Å². The van der Waals surface area contributed by atoms with Crippen LogP contribution in [0.4, 0.5) is 0 Å². The number of nitrogens with zero attached hydrogens (tertiary/aromatic N) is 1. The fourth-order valence-corrected chi connectivity index (χ4v) is 1.68. The Kier molecular flexibility index (Phi) is 2.68. The van der Waals surface area contributed by atoms with E-state index >= 15 is 0 Å². The Bertz CT molecular complexity index is 315. The van der Waals surface area contributed by atoms with Crippen molar-refractivity contribution in [3.8, 4) is 0 Å². The van der Waals surface area contributed by atoms with Crippen LogP contribution in [0.5, 0.6) is 0 Å². The lowest BCUT2D eigenvalue weighted by Gasteiger charge is -2.17. The molecule has 76 valence electrons. The highest BCUT2D eigenvalue weighted by Gasteiger charge is 2.28. The van der Waals surface area contributed by atoms with Gasteiger partial charge in [-0.3, -0.25) is 9.69 Å². The van der Waals surface area contributed by atoms with Crippen molar-refractivity contribution in [3.05, 3.63) is 23.7 Å². The molecule has 0 radical (unpaired) electrons. The molecule has 1 aromatic heterocycles. The minimum absolute atomic E-state index is 0.423. The van der Waals surface area contributed by atoms with Crippen molar-refractivity contribution in [3.63, 3.8) is 0 Å². The minimum Gasteiger partial charge on any atom is -0.457 e. The molecule has 1 aliphatic carbocycles. The van der Waals surface area contributed by atoms with Gasteiger partial charge >= 0.3 is 0 Å². The summed E-state index contributed by atoms with van der Waals surface area (Å²) >= 11 is 0. The van der Waals surface area contributed by atoms with Gasteiger partial charge in [-0.05, 0) is 31.5 Å². The standard InChI is InChI=1S/C11H15NO2/c1-2-12(9-3-4-9)7-10-5-6-11(8-13)14-10/h5-6,8-9H,2-4,7H2,1H3. The van der Waals surface area contributed by atoms with Gasteiger partial charge in [0, 0.05) is 6.04 Å². The van der Waals surface area contributed by atoms with Gasteiger partial charge in [-0.15, -0.1) is 0 Å². The Labute approximate surface area is 83.7 Å². The van der Waals surface area contributed by atoms with E-state index in [-0.39, 0.29) is 0 Å². The predicted molar refractivity (Wildman–Crippen MR) is 53.2 cm³/mol. The second-order valence-electron chi connectivity index (χ2n) is 3.72. The Morgan fingerprint density at radius 1 is 1.57 bits per heavy atom. The summed E-state index contributed by atoms with van der Waals surface area (Å²) in [6.45, 7) is 4.03. The molecule has 0 atom stereocenters. The molecule has 0 bridgehead atoms. The van der Waals surface area contributed by atoms with Gasteiger partial charge in [0.15, 0.2) is 12.0 Å². The normalized spacial score (nSPS) is 16.1. The summed E-state index contributed by atoms with van der Waals surface area (Å²) in [6, 6.07) is 4.35. The first-order chi connectivity index (χ1) is 6.83. The van der Waals surface area contributed by atoms with Gasteiger partial charge in [-0.2, -0.15) is 0 Å². The molecular formula is C11H15NO2. The summed E-state index contributed by atoms with van der Waals surface area (Å²) in [7, 11) is 0. The number of aldehydes is 1. The first-order valence-electron chi connectivity index (χ1n) is 5.11. The Balaban J connectivity index is 1.97. The summed E-state index contributed by atoms with van der Waals surface area (Å²) < 4.78 is 5.33. The predicted octanol–water partition coefficient (Wildman–Crippen LogP) is 2.08.